The van der Waals surface area contributed by atoms with E-state index in [-0.39, 0.29) is 11.4 Å². The average Bonchev–Trinajstić information content (AvgIpc) is 2.87. The van der Waals surface area contributed by atoms with E-state index in [2.05, 4.69) is 10.1 Å². The molecule has 0 amide bonds. The van der Waals surface area contributed by atoms with Crippen molar-refractivity contribution in [3.63, 3.8) is 0 Å². The molecule has 1 saturated heterocycles. The smallest absolute Gasteiger partial charge is 0.406 e. The van der Waals surface area contributed by atoms with Crippen LogP contribution in [0.25, 0.3) is 0 Å². The highest BCUT2D eigenvalue weighted by molar-refractivity contribution is 5.28. The molecule has 1 aromatic carbocycles. The highest BCUT2D eigenvalue weighted by Crippen LogP contribution is 2.24. The highest BCUT2D eigenvalue weighted by atomic mass is 19.4. The monoisotopic (exact) mass is 305 g/mol. The summed E-state index contributed by atoms with van der Waals surface area (Å²) in [7, 11) is 1.63. The summed E-state index contributed by atoms with van der Waals surface area (Å²) in [6.45, 7) is 2.19. The first-order chi connectivity index (χ1) is 9.92. The van der Waals surface area contributed by atoms with E-state index in [1.807, 2.05) is 0 Å². The molecule has 0 bridgehead atoms. The van der Waals surface area contributed by atoms with Gasteiger partial charge in [0, 0.05) is 33.2 Å². The van der Waals surface area contributed by atoms with Crippen molar-refractivity contribution in [3.8, 4) is 5.75 Å². The van der Waals surface area contributed by atoms with Crippen molar-refractivity contribution in [2.45, 2.75) is 24.9 Å². The van der Waals surface area contributed by atoms with Gasteiger partial charge in [-0.3, -0.25) is 0 Å². The summed E-state index contributed by atoms with van der Waals surface area (Å²) in [5.41, 5.74) is 0.363. The lowest BCUT2D eigenvalue weighted by Crippen LogP contribution is -2.42. The topological polar surface area (TPSA) is 39.7 Å². The Balaban J connectivity index is 1.87. The highest BCUT2D eigenvalue weighted by Gasteiger charge is 2.34. The fourth-order valence-corrected chi connectivity index (χ4v) is 2.25. The van der Waals surface area contributed by atoms with Crippen LogP contribution in [-0.4, -0.2) is 38.8 Å². The van der Waals surface area contributed by atoms with Crippen LogP contribution in [-0.2, 0) is 16.0 Å². The number of hydrogen-bond acceptors (Lipinski definition) is 4. The number of alkyl halides is 3. The number of rotatable bonds is 6. The van der Waals surface area contributed by atoms with Crippen molar-refractivity contribution in [3.05, 3.63) is 29.8 Å². The molecule has 0 aromatic heterocycles. The van der Waals surface area contributed by atoms with Gasteiger partial charge in [-0.25, -0.2) is 0 Å². The fraction of sp³-hybridized carbons (Fsp3) is 0.571. The molecule has 1 aromatic rings. The van der Waals surface area contributed by atoms with Crippen LogP contribution in [0.2, 0.25) is 0 Å². The van der Waals surface area contributed by atoms with Gasteiger partial charge in [-0.15, -0.1) is 13.2 Å². The van der Waals surface area contributed by atoms with Gasteiger partial charge in [0.25, 0.3) is 0 Å². The van der Waals surface area contributed by atoms with Gasteiger partial charge >= 0.3 is 6.36 Å². The Hall–Kier alpha value is -1.31. The molecule has 1 unspecified atom stereocenters. The second kappa shape index (κ2) is 6.64. The SMILES string of the molecule is COC1(CNCc2cccc(OC(F)(F)F)c2)CCOC1. The van der Waals surface area contributed by atoms with Crippen molar-refractivity contribution in [1.82, 2.24) is 5.32 Å². The number of ether oxygens (including phenoxy) is 3. The minimum Gasteiger partial charge on any atom is -0.406 e. The van der Waals surface area contributed by atoms with E-state index in [0.29, 0.717) is 31.9 Å². The van der Waals surface area contributed by atoms with Gasteiger partial charge in [-0.2, -0.15) is 0 Å². The molecule has 0 aliphatic carbocycles. The number of methoxy groups -OCH3 is 1. The van der Waals surface area contributed by atoms with Crippen molar-refractivity contribution < 1.29 is 27.4 Å². The van der Waals surface area contributed by atoms with E-state index in [1.165, 1.54) is 18.2 Å². The normalized spacial score (nSPS) is 22.5. The Morgan fingerprint density at radius 2 is 2.19 bits per heavy atom. The Morgan fingerprint density at radius 3 is 2.81 bits per heavy atom. The zero-order chi connectivity index (χ0) is 15.3. The van der Waals surface area contributed by atoms with E-state index in [1.54, 1.807) is 13.2 Å². The summed E-state index contributed by atoms with van der Waals surface area (Å²) in [4.78, 5) is 0. The van der Waals surface area contributed by atoms with Crippen LogP contribution < -0.4 is 10.1 Å². The predicted molar refractivity (Wildman–Crippen MR) is 70.0 cm³/mol. The summed E-state index contributed by atoms with van der Waals surface area (Å²) >= 11 is 0. The van der Waals surface area contributed by atoms with E-state index in [0.717, 1.165) is 6.42 Å². The van der Waals surface area contributed by atoms with Gasteiger partial charge in [-0.05, 0) is 17.7 Å². The number of benzene rings is 1. The number of hydrogen-bond donors (Lipinski definition) is 1. The third kappa shape index (κ3) is 4.87. The maximum Gasteiger partial charge on any atom is 0.573 e. The lowest BCUT2D eigenvalue weighted by Gasteiger charge is -2.26. The van der Waals surface area contributed by atoms with E-state index < -0.39 is 6.36 Å². The zero-order valence-electron chi connectivity index (χ0n) is 11.7. The molecular formula is C14H18F3NO3. The fourth-order valence-electron chi connectivity index (χ4n) is 2.25. The number of nitrogens with one attached hydrogen (secondary N) is 1. The molecule has 1 N–H and O–H groups in total. The van der Waals surface area contributed by atoms with Crippen LogP contribution in [0, 0.1) is 0 Å². The summed E-state index contributed by atoms with van der Waals surface area (Å²) in [6.07, 6.45) is -3.87. The summed E-state index contributed by atoms with van der Waals surface area (Å²) in [5.74, 6) is -0.215. The summed E-state index contributed by atoms with van der Waals surface area (Å²) < 4.78 is 51.1. The molecule has 7 heteroatoms. The minimum atomic E-state index is -4.67. The lowest BCUT2D eigenvalue weighted by atomic mass is 10.0. The maximum atomic E-state index is 12.2. The summed E-state index contributed by atoms with van der Waals surface area (Å²) in [5, 5.41) is 3.18. The third-order valence-corrected chi connectivity index (χ3v) is 3.41. The first-order valence-electron chi connectivity index (χ1n) is 6.61. The Bertz CT molecular complexity index is 459. The standard InChI is InChI=1S/C14H18F3NO3/c1-19-13(5-6-20-10-13)9-18-8-11-3-2-4-12(7-11)21-14(15,16)17/h2-4,7,18H,5-6,8-10H2,1H3. The lowest BCUT2D eigenvalue weighted by molar-refractivity contribution is -0.274. The molecule has 0 radical (unpaired) electrons. The Morgan fingerprint density at radius 1 is 1.38 bits per heavy atom. The second-order valence-electron chi connectivity index (χ2n) is 4.99. The largest absolute Gasteiger partial charge is 0.573 e. The molecule has 118 valence electrons. The summed E-state index contributed by atoms with van der Waals surface area (Å²) in [6, 6.07) is 5.91. The molecule has 21 heavy (non-hydrogen) atoms. The van der Waals surface area contributed by atoms with E-state index in [4.69, 9.17) is 9.47 Å². The quantitative estimate of drug-likeness (QED) is 0.876. The Kier molecular flexibility index (Phi) is 5.08. The van der Waals surface area contributed by atoms with Crippen LogP contribution in [0.4, 0.5) is 13.2 Å². The molecule has 0 spiro atoms. The van der Waals surface area contributed by atoms with E-state index in [9.17, 15) is 13.2 Å². The Labute approximate surface area is 121 Å². The molecule has 1 heterocycles. The van der Waals surface area contributed by atoms with Crippen molar-refractivity contribution in [2.24, 2.45) is 0 Å². The first-order valence-corrected chi connectivity index (χ1v) is 6.61. The second-order valence-corrected chi connectivity index (χ2v) is 4.99. The van der Waals surface area contributed by atoms with Crippen LogP contribution in [0.5, 0.6) is 5.75 Å². The van der Waals surface area contributed by atoms with Crippen LogP contribution in [0.1, 0.15) is 12.0 Å². The van der Waals surface area contributed by atoms with Crippen LogP contribution >= 0.6 is 0 Å². The van der Waals surface area contributed by atoms with E-state index >= 15 is 0 Å². The molecular weight excluding hydrogens is 287 g/mol. The van der Waals surface area contributed by atoms with Crippen molar-refractivity contribution >= 4 is 0 Å². The zero-order valence-corrected chi connectivity index (χ0v) is 11.7. The molecule has 4 nitrogen and oxygen atoms in total. The van der Waals surface area contributed by atoms with Gasteiger partial charge in [0.1, 0.15) is 11.4 Å². The van der Waals surface area contributed by atoms with Crippen molar-refractivity contribution in [2.75, 3.05) is 26.9 Å². The van der Waals surface area contributed by atoms with Gasteiger partial charge in [-0.1, -0.05) is 12.1 Å². The van der Waals surface area contributed by atoms with Crippen LogP contribution in [0.3, 0.4) is 0 Å². The van der Waals surface area contributed by atoms with Gasteiger partial charge in [0.2, 0.25) is 0 Å². The van der Waals surface area contributed by atoms with Gasteiger partial charge < -0.3 is 19.5 Å². The predicted octanol–water partition coefficient (Wildman–Crippen LogP) is 2.48. The third-order valence-electron chi connectivity index (χ3n) is 3.41. The molecule has 1 aliphatic rings. The van der Waals surface area contributed by atoms with Gasteiger partial charge in [0.15, 0.2) is 0 Å². The molecule has 0 saturated carbocycles. The molecule has 1 fully saturated rings. The molecule has 2 rings (SSSR count). The minimum absolute atomic E-state index is 0.215. The number of halogens is 3. The van der Waals surface area contributed by atoms with Crippen LogP contribution in [0.15, 0.2) is 24.3 Å². The maximum absolute atomic E-state index is 12.2. The molecule has 1 aliphatic heterocycles. The molecule has 1 atom stereocenters. The average molecular weight is 305 g/mol. The van der Waals surface area contributed by atoms with Gasteiger partial charge in [0.05, 0.1) is 6.61 Å². The first kappa shape index (κ1) is 16.1. The van der Waals surface area contributed by atoms with Crippen molar-refractivity contribution in [1.29, 1.82) is 0 Å².